The molecular formula is C24H40O2Si. The van der Waals surface area contributed by atoms with Crippen molar-refractivity contribution in [3.05, 3.63) is 24.3 Å². The molecule has 3 heteroatoms. The molecule has 0 spiro atoms. The second-order valence-electron chi connectivity index (χ2n) is 8.11. The van der Waals surface area contributed by atoms with Gasteiger partial charge in [0.15, 0.2) is 0 Å². The third-order valence-electron chi connectivity index (χ3n) is 4.20. The van der Waals surface area contributed by atoms with Crippen LogP contribution in [0.5, 0.6) is 0 Å². The summed E-state index contributed by atoms with van der Waals surface area (Å²) in [6, 6.07) is 0. The largest absolute Gasteiger partial charge is 0.380 e. The Kier molecular flexibility index (Phi) is 12.4. The lowest BCUT2D eigenvalue weighted by Crippen LogP contribution is -2.44. The van der Waals surface area contributed by atoms with Crippen molar-refractivity contribution in [1.82, 2.24) is 0 Å². The van der Waals surface area contributed by atoms with Crippen LogP contribution in [0, 0.1) is 35.5 Å². The van der Waals surface area contributed by atoms with Crippen molar-refractivity contribution in [3.63, 3.8) is 0 Å². The smallest absolute Gasteiger partial charge is 0.333 e. The molecule has 4 atom stereocenters. The van der Waals surface area contributed by atoms with Crippen molar-refractivity contribution < 1.29 is 8.85 Å². The first-order valence-electron chi connectivity index (χ1n) is 10.2. The minimum absolute atomic E-state index is 0.139. The fourth-order valence-corrected chi connectivity index (χ4v) is 4.68. The summed E-state index contributed by atoms with van der Waals surface area (Å²) in [5.74, 6) is 13.4. The molecule has 0 amide bonds. The van der Waals surface area contributed by atoms with Gasteiger partial charge in [0.1, 0.15) is 12.2 Å². The second kappa shape index (κ2) is 13.0. The predicted octanol–water partition coefficient (Wildman–Crippen LogP) is 6.49. The van der Waals surface area contributed by atoms with Crippen LogP contribution in [-0.4, -0.2) is 20.8 Å². The lowest BCUT2D eigenvalue weighted by atomic mass is 10.00. The third-order valence-corrected chi connectivity index (χ3v) is 5.84. The fraction of sp³-hybridized carbons (Fsp3) is 0.667. The average molecular weight is 389 g/mol. The van der Waals surface area contributed by atoms with Gasteiger partial charge in [0.25, 0.3) is 0 Å². The van der Waals surface area contributed by atoms with Crippen LogP contribution in [0.4, 0.5) is 0 Å². The summed E-state index contributed by atoms with van der Waals surface area (Å²) in [5, 5.41) is 0. The molecule has 0 N–H and O–H groups in total. The van der Waals surface area contributed by atoms with E-state index in [9.17, 15) is 0 Å². The van der Waals surface area contributed by atoms with E-state index in [1.165, 1.54) is 0 Å². The molecule has 0 saturated heterocycles. The van der Waals surface area contributed by atoms with Crippen LogP contribution >= 0.6 is 0 Å². The summed E-state index contributed by atoms with van der Waals surface area (Å²) in [7, 11) is -2.42. The number of hydrogen-bond acceptors (Lipinski definition) is 2. The Hall–Kier alpha value is -1.26. The fourth-order valence-electron chi connectivity index (χ4n) is 2.82. The first-order chi connectivity index (χ1) is 12.5. The van der Waals surface area contributed by atoms with Crippen LogP contribution in [-0.2, 0) is 8.85 Å². The molecule has 152 valence electrons. The predicted molar refractivity (Wildman–Crippen MR) is 121 cm³/mol. The van der Waals surface area contributed by atoms with Crippen LogP contribution in [0.3, 0.4) is 0 Å². The van der Waals surface area contributed by atoms with Crippen molar-refractivity contribution in [1.29, 1.82) is 0 Å². The van der Waals surface area contributed by atoms with Crippen LogP contribution in [0.25, 0.3) is 0 Å². The molecule has 0 aliphatic rings. The Labute approximate surface area is 170 Å². The normalized spacial score (nSPS) is 15.4. The third kappa shape index (κ3) is 11.9. The molecule has 27 heavy (non-hydrogen) atoms. The van der Waals surface area contributed by atoms with E-state index in [1.54, 1.807) is 0 Å². The van der Waals surface area contributed by atoms with Gasteiger partial charge in [-0.3, -0.25) is 0 Å². The molecule has 2 nitrogen and oxygen atoms in total. The Balaban J connectivity index is 5.44. The van der Waals surface area contributed by atoms with E-state index in [0.29, 0.717) is 11.8 Å². The summed E-state index contributed by atoms with van der Waals surface area (Å²) in [6.45, 7) is 24.6. The highest BCUT2D eigenvalue weighted by Crippen LogP contribution is 2.23. The van der Waals surface area contributed by atoms with E-state index >= 15 is 0 Å². The molecule has 0 aromatic carbocycles. The highest BCUT2D eigenvalue weighted by molar-refractivity contribution is 6.64. The van der Waals surface area contributed by atoms with Crippen LogP contribution < -0.4 is 0 Å². The van der Waals surface area contributed by atoms with Gasteiger partial charge in [-0.25, -0.2) is 0 Å². The Bertz CT molecular complexity index is 545. The molecule has 0 saturated carbocycles. The van der Waals surface area contributed by atoms with Gasteiger partial charge >= 0.3 is 8.56 Å². The van der Waals surface area contributed by atoms with E-state index in [2.05, 4.69) is 77.6 Å². The molecule has 0 bridgehead atoms. The van der Waals surface area contributed by atoms with Crippen LogP contribution in [0.15, 0.2) is 24.3 Å². The zero-order chi connectivity index (χ0) is 21.0. The van der Waals surface area contributed by atoms with Crippen LogP contribution in [0.1, 0.15) is 67.2 Å². The van der Waals surface area contributed by atoms with Gasteiger partial charge in [0, 0.05) is 0 Å². The second-order valence-corrected chi connectivity index (χ2v) is 11.4. The molecule has 0 radical (unpaired) electrons. The van der Waals surface area contributed by atoms with E-state index in [-0.39, 0.29) is 12.2 Å². The summed E-state index contributed by atoms with van der Waals surface area (Å²) in [6.07, 6.45) is 4.09. The number of allylic oxidation sites excluding steroid dienone is 2. The molecule has 4 unspecified atom stereocenters. The summed E-state index contributed by atoms with van der Waals surface area (Å²) in [5.41, 5.74) is 1.71. The maximum Gasteiger partial charge on any atom is 0.333 e. The van der Waals surface area contributed by atoms with Gasteiger partial charge in [0.2, 0.25) is 0 Å². The highest BCUT2D eigenvalue weighted by Gasteiger charge is 2.34. The minimum atomic E-state index is -2.42. The van der Waals surface area contributed by atoms with Crippen molar-refractivity contribution in [2.24, 2.45) is 11.8 Å². The lowest BCUT2D eigenvalue weighted by molar-refractivity contribution is 0.0821. The van der Waals surface area contributed by atoms with Gasteiger partial charge in [-0.05, 0) is 62.8 Å². The molecule has 0 heterocycles. The first-order valence-corrected chi connectivity index (χ1v) is 13.0. The van der Waals surface area contributed by atoms with Gasteiger partial charge in [-0.2, -0.15) is 0 Å². The minimum Gasteiger partial charge on any atom is -0.380 e. The number of rotatable bonds is 10. The lowest BCUT2D eigenvalue weighted by Gasteiger charge is -2.33. The maximum atomic E-state index is 6.48. The molecule has 0 aliphatic heterocycles. The van der Waals surface area contributed by atoms with Gasteiger partial charge < -0.3 is 8.85 Å². The topological polar surface area (TPSA) is 18.5 Å². The average Bonchev–Trinajstić information content (AvgIpc) is 2.55. The van der Waals surface area contributed by atoms with E-state index < -0.39 is 8.56 Å². The number of hydrogen-bond donors (Lipinski definition) is 0. The summed E-state index contributed by atoms with van der Waals surface area (Å²) < 4.78 is 13.0. The standard InChI is InChI=1S/C24H40O2Si/c1-11-13-21(7)23(17-15-19(3)4)25-27(9,10)26-24(18-16-20(5)6)22(8)14-12-2/h21-24H,3,5,11-14H2,1-2,4,6-10H3. The SMILES string of the molecule is C=C(C)C#CC(O[Si](C)(C)OC(C#CC(=C)C)C(C)CCC)C(C)CCC. The summed E-state index contributed by atoms with van der Waals surface area (Å²) >= 11 is 0. The first kappa shape index (κ1) is 25.7. The van der Waals surface area contributed by atoms with E-state index in [0.717, 1.165) is 36.8 Å². The van der Waals surface area contributed by atoms with Gasteiger partial charge in [0.05, 0.1) is 0 Å². The van der Waals surface area contributed by atoms with E-state index in [1.807, 2.05) is 13.8 Å². The van der Waals surface area contributed by atoms with Crippen molar-refractivity contribution >= 4 is 8.56 Å². The molecule has 0 fully saturated rings. The van der Waals surface area contributed by atoms with Crippen molar-refractivity contribution in [3.8, 4) is 23.7 Å². The maximum absolute atomic E-state index is 6.48. The van der Waals surface area contributed by atoms with Crippen LogP contribution in [0.2, 0.25) is 13.1 Å². The highest BCUT2D eigenvalue weighted by atomic mass is 28.4. The zero-order valence-electron chi connectivity index (χ0n) is 18.9. The molecule has 0 rings (SSSR count). The monoisotopic (exact) mass is 388 g/mol. The van der Waals surface area contributed by atoms with Crippen molar-refractivity contribution in [2.45, 2.75) is 92.5 Å². The Morgan fingerprint density at radius 3 is 1.41 bits per heavy atom. The quantitative estimate of drug-likeness (QED) is 0.314. The summed E-state index contributed by atoms with van der Waals surface area (Å²) in [4.78, 5) is 0. The van der Waals surface area contributed by atoms with Gasteiger partial charge in [-0.1, -0.05) is 77.4 Å². The van der Waals surface area contributed by atoms with Crippen molar-refractivity contribution in [2.75, 3.05) is 0 Å². The molecule has 0 aromatic rings. The molecule has 0 aliphatic carbocycles. The van der Waals surface area contributed by atoms with Gasteiger partial charge in [-0.15, -0.1) is 0 Å². The molecular weight excluding hydrogens is 348 g/mol. The zero-order valence-corrected chi connectivity index (χ0v) is 19.9. The molecule has 0 aromatic heterocycles. The Morgan fingerprint density at radius 2 is 1.15 bits per heavy atom. The van der Waals surface area contributed by atoms with E-state index in [4.69, 9.17) is 8.85 Å². The Morgan fingerprint density at radius 1 is 0.815 bits per heavy atom.